The first-order valence-corrected chi connectivity index (χ1v) is 6.53. The molecule has 0 radical (unpaired) electrons. The van der Waals surface area contributed by atoms with Crippen LogP contribution in [0.25, 0.3) is 0 Å². The Kier molecular flexibility index (Phi) is 4.58. The molecule has 0 saturated carbocycles. The summed E-state index contributed by atoms with van der Waals surface area (Å²) < 4.78 is 5.54. The van der Waals surface area contributed by atoms with Crippen molar-refractivity contribution in [2.75, 3.05) is 46.4 Å². The Balaban J connectivity index is 1.94. The second-order valence-corrected chi connectivity index (χ2v) is 5.09. The van der Waals surface area contributed by atoms with Gasteiger partial charge >= 0.3 is 0 Å². The number of ether oxygens (including phenoxy) is 1. The summed E-state index contributed by atoms with van der Waals surface area (Å²) >= 11 is 0. The highest BCUT2D eigenvalue weighted by molar-refractivity contribution is 4.86. The summed E-state index contributed by atoms with van der Waals surface area (Å²) in [6.07, 6.45) is 3.66. The van der Waals surface area contributed by atoms with Crippen molar-refractivity contribution in [3.05, 3.63) is 0 Å². The molecule has 94 valence electrons. The van der Waals surface area contributed by atoms with E-state index in [1.807, 2.05) is 0 Å². The van der Waals surface area contributed by atoms with E-state index in [1.165, 1.54) is 32.4 Å². The fourth-order valence-electron chi connectivity index (χ4n) is 2.93. The number of nitrogens with two attached hydrogens (primary N) is 1. The number of piperazine rings is 1. The first-order valence-electron chi connectivity index (χ1n) is 6.53. The third kappa shape index (κ3) is 2.94. The van der Waals surface area contributed by atoms with Crippen LogP contribution in [0.5, 0.6) is 0 Å². The van der Waals surface area contributed by atoms with Crippen LogP contribution < -0.4 is 5.73 Å². The molecule has 0 aromatic heterocycles. The largest absolute Gasteiger partial charge is 0.381 e. The summed E-state index contributed by atoms with van der Waals surface area (Å²) in [5.41, 5.74) is 5.90. The van der Waals surface area contributed by atoms with Crippen molar-refractivity contribution >= 4 is 0 Å². The SMILES string of the molecule is CN1CCN(C2CCCOCC2)C(CN)C1. The van der Waals surface area contributed by atoms with Gasteiger partial charge in [-0.2, -0.15) is 0 Å². The summed E-state index contributed by atoms with van der Waals surface area (Å²) in [6.45, 7) is 6.11. The molecule has 16 heavy (non-hydrogen) atoms. The minimum absolute atomic E-state index is 0.543. The summed E-state index contributed by atoms with van der Waals surface area (Å²) in [7, 11) is 2.19. The Labute approximate surface area is 98.7 Å². The van der Waals surface area contributed by atoms with E-state index in [0.29, 0.717) is 12.1 Å². The van der Waals surface area contributed by atoms with Gasteiger partial charge in [-0.1, -0.05) is 0 Å². The molecule has 2 heterocycles. The highest BCUT2D eigenvalue weighted by atomic mass is 16.5. The van der Waals surface area contributed by atoms with Gasteiger partial charge in [0.2, 0.25) is 0 Å². The first-order chi connectivity index (χ1) is 7.81. The van der Waals surface area contributed by atoms with Gasteiger partial charge in [-0.05, 0) is 26.3 Å². The van der Waals surface area contributed by atoms with Crippen LogP contribution in [-0.2, 0) is 4.74 Å². The molecule has 2 atom stereocenters. The van der Waals surface area contributed by atoms with Gasteiger partial charge in [0.25, 0.3) is 0 Å². The molecule has 0 bridgehead atoms. The van der Waals surface area contributed by atoms with E-state index >= 15 is 0 Å². The Morgan fingerprint density at radius 1 is 1.25 bits per heavy atom. The van der Waals surface area contributed by atoms with Gasteiger partial charge in [-0.3, -0.25) is 4.90 Å². The normalized spacial score (nSPS) is 34.9. The molecule has 2 unspecified atom stereocenters. The van der Waals surface area contributed by atoms with Crippen LogP contribution in [0.15, 0.2) is 0 Å². The van der Waals surface area contributed by atoms with Crippen LogP contribution >= 0.6 is 0 Å². The lowest BCUT2D eigenvalue weighted by molar-refractivity contribution is 0.0465. The fraction of sp³-hybridized carbons (Fsp3) is 1.00. The van der Waals surface area contributed by atoms with E-state index < -0.39 is 0 Å². The van der Waals surface area contributed by atoms with Gasteiger partial charge in [0.15, 0.2) is 0 Å². The van der Waals surface area contributed by atoms with Gasteiger partial charge < -0.3 is 15.4 Å². The number of hydrogen-bond acceptors (Lipinski definition) is 4. The molecule has 2 saturated heterocycles. The molecule has 2 aliphatic rings. The van der Waals surface area contributed by atoms with E-state index in [9.17, 15) is 0 Å². The number of nitrogens with zero attached hydrogens (tertiary/aromatic N) is 2. The third-order valence-electron chi connectivity index (χ3n) is 3.89. The maximum atomic E-state index is 5.90. The average molecular weight is 227 g/mol. The minimum Gasteiger partial charge on any atom is -0.381 e. The lowest BCUT2D eigenvalue weighted by atomic mass is 10.0. The number of rotatable bonds is 2. The lowest BCUT2D eigenvalue weighted by Crippen LogP contribution is -2.58. The maximum Gasteiger partial charge on any atom is 0.0480 e. The average Bonchev–Trinajstić information content (AvgIpc) is 2.57. The maximum absolute atomic E-state index is 5.90. The molecule has 0 aromatic carbocycles. The molecule has 2 N–H and O–H groups in total. The molecule has 0 spiro atoms. The second-order valence-electron chi connectivity index (χ2n) is 5.09. The molecule has 2 rings (SSSR count). The van der Waals surface area contributed by atoms with E-state index in [0.717, 1.165) is 26.3 Å². The molecular weight excluding hydrogens is 202 g/mol. The number of likely N-dealkylation sites (N-methyl/N-ethyl adjacent to an activating group) is 1. The quantitative estimate of drug-likeness (QED) is 0.728. The Morgan fingerprint density at radius 2 is 2.12 bits per heavy atom. The smallest absolute Gasteiger partial charge is 0.0480 e. The molecule has 2 aliphatic heterocycles. The van der Waals surface area contributed by atoms with Crippen LogP contribution in [0.4, 0.5) is 0 Å². The van der Waals surface area contributed by atoms with Crippen LogP contribution in [0, 0.1) is 0 Å². The molecule has 4 nitrogen and oxygen atoms in total. The summed E-state index contributed by atoms with van der Waals surface area (Å²) in [6, 6.07) is 1.24. The molecule has 4 heteroatoms. The van der Waals surface area contributed by atoms with E-state index in [2.05, 4.69) is 16.8 Å². The van der Waals surface area contributed by atoms with Crippen molar-refractivity contribution in [1.29, 1.82) is 0 Å². The standard InChI is InChI=1S/C12H25N3O/c1-14-5-6-15(12(9-13)10-14)11-3-2-7-16-8-4-11/h11-12H,2-10,13H2,1H3. The zero-order chi connectivity index (χ0) is 11.4. The Bertz CT molecular complexity index is 204. The third-order valence-corrected chi connectivity index (χ3v) is 3.89. The first kappa shape index (κ1) is 12.3. The minimum atomic E-state index is 0.543. The molecule has 0 amide bonds. The van der Waals surface area contributed by atoms with E-state index in [4.69, 9.17) is 10.5 Å². The predicted molar refractivity (Wildman–Crippen MR) is 65.5 cm³/mol. The van der Waals surface area contributed by atoms with Gasteiger partial charge in [0.05, 0.1) is 0 Å². The van der Waals surface area contributed by atoms with Crippen LogP contribution in [-0.4, -0.2) is 68.3 Å². The topological polar surface area (TPSA) is 41.7 Å². The highest BCUT2D eigenvalue weighted by Gasteiger charge is 2.30. The van der Waals surface area contributed by atoms with E-state index in [1.54, 1.807) is 0 Å². The molecule has 0 aliphatic carbocycles. The van der Waals surface area contributed by atoms with Gasteiger partial charge in [0.1, 0.15) is 0 Å². The van der Waals surface area contributed by atoms with Crippen molar-refractivity contribution in [2.45, 2.75) is 31.3 Å². The molecule has 0 aromatic rings. The van der Waals surface area contributed by atoms with Crippen molar-refractivity contribution in [2.24, 2.45) is 5.73 Å². The fourth-order valence-corrected chi connectivity index (χ4v) is 2.93. The zero-order valence-corrected chi connectivity index (χ0v) is 10.4. The highest BCUT2D eigenvalue weighted by Crippen LogP contribution is 2.20. The summed E-state index contributed by atoms with van der Waals surface area (Å²) in [5, 5.41) is 0. The van der Waals surface area contributed by atoms with Gasteiger partial charge in [0, 0.05) is 51.5 Å². The number of hydrogen-bond donors (Lipinski definition) is 1. The Hall–Kier alpha value is -0.160. The Morgan fingerprint density at radius 3 is 2.94 bits per heavy atom. The van der Waals surface area contributed by atoms with Crippen LogP contribution in [0.3, 0.4) is 0 Å². The summed E-state index contributed by atoms with van der Waals surface area (Å²) in [5.74, 6) is 0. The van der Waals surface area contributed by atoms with Crippen molar-refractivity contribution in [3.63, 3.8) is 0 Å². The van der Waals surface area contributed by atoms with Gasteiger partial charge in [-0.25, -0.2) is 0 Å². The second kappa shape index (κ2) is 5.96. The monoisotopic (exact) mass is 227 g/mol. The van der Waals surface area contributed by atoms with E-state index in [-0.39, 0.29) is 0 Å². The zero-order valence-electron chi connectivity index (χ0n) is 10.4. The lowest BCUT2D eigenvalue weighted by Gasteiger charge is -2.43. The predicted octanol–water partition coefficient (Wildman–Crippen LogP) is 0.130. The van der Waals surface area contributed by atoms with Gasteiger partial charge in [-0.15, -0.1) is 0 Å². The molecule has 2 fully saturated rings. The van der Waals surface area contributed by atoms with Crippen molar-refractivity contribution in [1.82, 2.24) is 9.80 Å². The van der Waals surface area contributed by atoms with Crippen molar-refractivity contribution < 1.29 is 4.74 Å². The van der Waals surface area contributed by atoms with Crippen LogP contribution in [0.1, 0.15) is 19.3 Å². The summed E-state index contributed by atoms with van der Waals surface area (Å²) in [4.78, 5) is 5.02. The molecular formula is C12H25N3O. The van der Waals surface area contributed by atoms with Crippen molar-refractivity contribution in [3.8, 4) is 0 Å². The van der Waals surface area contributed by atoms with Crippen LogP contribution in [0.2, 0.25) is 0 Å².